The average Bonchev–Trinajstić information content (AvgIpc) is 2.70. The van der Waals surface area contributed by atoms with Crippen molar-refractivity contribution in [3.8, 4) is 23.0 Å². The van der Waals surface area contributed by atoms with Gasteiger partial charge in [0, 0.05) is 5.56 Å². The number of hydrogen-bond acceptors (Lipinski definition) is 5. The second-order valence-electron chi connectivity index (χ2n) is 9.37. The molecule has 0 saturated heterocycles. The molecule has 0 fully saturated rings. The van der Waals surface area contributed by atoms with Crippen molar-refractivity contribution < 1.29 is 23.4 Å². The molecule has 6 heteroatoms. The first-order chi connectivity index (χ1) is 14.5. The molecular formula is C25H34O5Si. The third kappa shape index (κ3) is 5.56. The highest BCUT2D eigenvalue weighted by Gasteiger charge is 2.27. The first-order valence-electron chi connectivity index (χ1n) is 10.6. The van der Waals surface area contributed by atoms with Gasteiger partial charge in [-0.15, -0.1) is 0 Å². The van der Waals surface area contributed by atoms with Crippen LogP contribution in [0, 0.1) is 0 Å². The molecule has 0 aliphatic carbocycles. The van der Waals surface area contributed by atoms with E-state index < -0.39 is 8.32 Å². The zero-order chi connectivity index (χ0) is 22.8. The molecule has 0 bridgehead atoms. The van der Waals surface area contributed by atoms with Gasteiger partial charge >= 0.3 is 0 Å². The predicted molar refractivity (Wildman–Crippen MR) is 128 cm³/mol. The molecule has 1 heterocycles. The predicted octanol–water partition coefficient (Wildman–Crippen LogP) is 6.17. The summed E-state index contributed by atoms with van der Waals surface area (Å²) in [6.07, 6.45) is 4.02. The van der Waals surface area contributed by atoms with Crippen molar-refractivity contribution in [2.24, 2.45) is 0 Å². The average molecular weight is 443 g/mol. The van der Waals surface area contributed by atoms with E-state index in [0.717, 1.165) is 35.5 Å². The highest BCUT2D eigenvalue weighted by Crippen LogP contribution is 2.40. The van der Waals surface area contributed by atoms with E-state index in [0.29, 0.717) is 17.2 Å². The molecule has 31 heavy (non-hydrogen) atoms. The highest BCUT2D eigenvalue weighted by atomic mass is 28.4. The number of methoxy groups -OCH3 is 3. The fourth-order valence-corrected chi connectivity index (χ4v) is 4.49. The highest BCUT2D eigenvalue weighted by molar-refractivity contribution is 6.70. The molecule has 1 aliphatic rings. The Labute approximate surface area is 187 Å². The van der Waals surface area contributed by atoms with E-state index in [1.54, 1.807) is 21.3 Å². The fourth-order valence-electron chi connectivity index (χ4n) is 3.65. The van der Waals surface area contributed by atoms with Crippen LogP contribution in [-0.4, -0.2) is 35.2 Å². The Morgan fingerprint density at radius 3 is 2.16 bits per heavy atom. The van der Waals surface area contributed by atoms with E-state index in [2.05, 4.69) is 51.7 Å². The van der Waals surface area contributed by atoms with Gasteiger partial charge in [0.1, 0.15) is 17.1 Å². The number of benzene rings is 2. The van der Waals surface area contributed by atoms with E-state index in [1.165, 1.54) is 5.56 Å². The van der Waals surface area contributed by atoms with Crippen LogP contribution < -0.4 is 18.9 Å². The minimum Gasteiger partial charge on any atom is -0.544 e. The summed E-state index contributed by atoms with van der Waals surface area (Å²) in [6, 6.07) is 10.2. The molecule has 0 unspecified atom stereocenters. The van der Waals surface area contributed by atoms with Gasteiger partial charge in [0.15, 0.2) is 11.5 Å². The molecule has 0 amide bonds. The van der Waals surface area contributed by atoms with Crippen LogP contribution in [0.4, 0.5) is 0 Å². The Morgan fingerprint density at radius 1 is 0.968 bits per heavy atom. The van der Waals surface area contributed by atoms with Crippen molar-refractivity contribution in [1.29, 1.82) is 0 Å². The molecular weight excluding hydrogens is 408 g/mol. The molecule has 1 aliphatic heterocycles. The Hall–Kier alpha value is -2.60. The van der Waals surface area contributed by atoms with Gasteiger partial charge in [-0.3, -0.25) is 0 Å². The minimum absolute atomic E-state index is 0.127. The second kappa shape index (κ2) is 8.87. The molecule has 0 N–H and O–H groups in total. The summed E-state index contributed by atoms with van der Waals surface area (Å²) < 4.78 is 29.2. The van der Waals surface area contributed by atoms with Crippen LogP contribution in [0.3, 0.4) is 0 Å². The van der Waals surface area contributed by atoms with Gasteiger partial charge in [-0.05, 0) is 93.9 Å². The monoisotopic (exact) mass is 442 g/mol. The summed E-state index contributed by atoms with van der Waals surface area (Å²) in [4.78, 5) is 0. The smallest absolute Gasteiger partial charge is 0.242 e. The van der Waals surface area contributed by atoms with Gasteiger partial charge in [-0.2, -0.15) is 0 Å². The van der Waals surface area contributed by atoms with Crippen molar-refractivity contribution in [1.82, 2.24) is 0 Å². The van der Waals surface area contributed by atoms with E-state index in [4.69, 9.17) is 23.4 Å². The molecule has 2 aromatic carbocycles. The Balaban J connectivity index is 2.08. The first kappa shape index (κ1) is 23.1. The maximum atomic E-state index is 6.51. The van der Waals surface area contributed by atoms with Crippen molar-refractivity contribution in [2.75, 3.05) is 21.3 Å². The zero-order valence-corrected chi connectivity index (χ0v) is 20.9. The number of aryl methyl sites for hydroxylation is 1. The molecule has 0 saturated carbocycles. The lowest BCUT2D eigenvalue weighted by atomic mass is 9.93. The molecule has 168 valence electrons. The van der Waals surface area contributed by atoms with Gasteiger partial charge in [0.2, 0.25) is 14.1 Å². The van der Waals surface area contributed by atoms with E-state index in [9.17, 15) is 0 Å². The molecule has 0 spiro atoms. The standard InChI is InChI=1S/C25H34O5Si/c1-25(2)12-11-19-16-18(9-10-20(19)29-25)21(30-31(6,7)8)13-17-14-22(26-3)24(28-5)23(15-17)27-4/h9-10,13-16H,11-12H2,1-8H3. The minimum atomic E-state index is -1.86. The Bertz CT molecular complexity index is 947. The summed E-state index contributed by atoms with van der Waals surface area (Å²) in [7, 11) is 2.98. The van der Waals surface area contributed by atoms with Gasteiger partial charge in [-0.1, -0.05) is 0 Å². The topological polar surface area (TPSA) is 46.2 Å². The normalized spacial score (nSPS) is 15.5. The molecule has 2 aromatic rings. The summed E-state index contributed by atoms with van der Waals surface area (Å²) in [5.41, 5.74) is 3.04. The summed E-state index contributed by atoms with van der Waals surface area (Å²) in [6.45, 7) is 10.8. The Morgan fingerprint density at radius 2 is 1.61 bits per heavy atom. The molecule has 0 aromatic heterocycles. The SMILES string of the molecule is COc1cc(C=C(O[Si](C)(C)C)c2ccc3c(c2)CCC(C)(C)O3)cc(OC)c1OC. The second-order valence-corrected chi connectivity index (χ2v) is 13.8. The molecule has 0 radical (unpaired) electrons. The maximum Gasteiger partial charge on any atom is 0.242 e. The van der Waals surface area contributed by atoms with Crippen LogP contribution in [0.25, 0.3) is 11.8 Å². The fraction of sp³-hybridized carbons (Fsp3) is 0.440. The van der Waals surface area contributed by atoms with Gasteiger partial charge in [0.25, 0.3) is 0 Å². The molecule has 3 rings (SSSR count). The zero-order valence-electron chi connectivity index (χ0n) is 19.9. The third-order valence-corrected chi connectivity index (χ3v) is 5.96. The van der Waals surface area contributed by atoms with Crippen LogP contribution in [0.2, 0.25) is 19.6 Å². The van der Waals surface area contributed by atoms with E-state index in [1.807, 2.05) is 18.2 Å². The molecule has 0 atom stereocenters. The molecule has 5 nitrogen and oxygen atoms in total. The Kier molecular flexibility index (Phi) is 6.60. The van der Waals surface area contributed by atoms with Gasteiger partial charge in [-0.25, -0.2) is 0 Å². The lowest BCUT2D eigenvalue weighted by Gasteiger charge is -2.33. The number of hydrogen-bond donors (Lipinski definition) is 0. The lowest BCUT2D eigenvalue weighted by molar-refractivity contribution is 0.0847. The first-order valence-corrected chi connectivity index (χ1v) is 14.0. The van der Waals surface area contributed by atoms with Crippen LogP contribution in [0.15, 0.2) is 30.3 Å². The summed E-state index contributed by atoms with van der Waals surface area (Å²) in [5.74, 6) is 3.59. The van der Waals surface area contributed by atoms with Crippen LogP contribution in [0.1, 0.15) is 37.0 Å². The maximum absolute atomic E-state index is 6.51. The van der Waals surface area contributed by atoms with Crippen LogP contribution in [-0.2, 0) is 10.8 Å². The van der Waals surface area contributed by atoms with E-state index >= 15 is 0 Å². The third-order valence-electron chi connectivity index (χ3n) is 5.13. The van der Waals surface area contributed by atoms with Crippen LogP contribution in [0.5, 0.6) is 23.0 Å². The summed E-state index contributed by atoms with van der Waals surface area (Å²) in [5, 5.41) is 0. The number of ether oxygens (including phenoxy) is 4. The largest absolute Gasteiger partial charge is 0.544 e. The number of rotatable bonds is 7. The summed E-state index contributed by atoms with van der Waals surface area (Å²) >= 11 is 0. The number of fused-ring (bicyclic) bond motifs is 1. The van der Waals surface area contributed by atoms with Crippen molar-refractivity contribution in [3.63, 3.8) is 0 Å². The van der Waals surface area contributed by atoms with Crippen molar-refractivity contribution in [2.45, 2.75) is 51.9 Å². The van der Waals surface area contributed by atoms with Crippen molar-refractivity contribution in [3.05, 3.63) is 47.0 Å². The van der Waals surface area contributed by atoms with E-state index in [-0.39, 0.29) is 5.60 Å². The van der Waals surface area contributed by atoms with Gasteiger partial charge in [0.05, 0.1) is 21.3 Å². The van der Waals surface area contributed by atoms with Crippen molar-refractivity contribution >= 4 is 20.2 Å². The van der Waals surface area contributed by atoms with Gasteiger partial charge < -0.3 is 23.4 Å². The van der Waals surface area contributed by atoms with Crippen LogP contribution >= 0.6 is 0 Å². The quantitative estimate of drug-likeness (QED) is 0.292. The lowest BCUT2D eigenvalue weighted by Crippen LogP contribution is -2.32.